The lowest BCUT2D eigenvalue weighted by molar-refractivity contribution is 0.101. The van der Waals surface area contributed by atoms with Gasteiger partial charge in [0.05, 0.1) is 12.8 Å². The van der Waals surface area contributed by atoms with Crippen molar-refractivity contribution >= 4 is 11.5 Å². The van der Waals surface area contributed by atoms with Crippen LogP contribution < -0.4 is 9.64 Å². The fourth-order valence-electron chi connectivity index (χ4n) is 2.90. The maximum atomic E-state index is 11.9. The molecule has 0 unspecified atom stereocenters. The van der Waals surface area contributed by atoms with E-state index in [1.165, 1.54) is 11.1 Å². The molecular weight excluding hydrogens is 262 g/mol. The van der Waals surface area contributed by atoms with Crippen molar-refractivity contribution in [3.63, 3.8) is 0 Å². The number of ketones is 1. The summed E-state index contributed by atoms with van der Waals surface area (Å²) in [4.78, 5) is 14.2. The van der Waals surface area contributed by atoms with E-state index in [1.807, 2.05) is 18.2 Å². The first kappa shape index (κ1) is 13.7. The Morgan fingerprint density at radius 3 is 2.62 bits per heavy atom. The summed E-state index contributed by atoms with van der Waals surface area (Å²) >= 11 is 0. The lowest BCUT2D eigenvalue weighted by Crippen LogP contribution is -2.31. The molecule has 3 rings (SSSR count). The number of Topliss-reactive ketones (excluding diaryl/α,β-unsaturated/α-hetero) is 1. The summed E-state index contributed by atoms with van der Waals surface area (Å²) < 4.78 is 5.31. The minimum absolute atomic E-state index is 0.0894. The molecule has 0 N–H and O–H groups in total. The third-order valence-electron chi connectivity index (χ3n) is 4.06. The number of nitrogens with zero attached hydrogens (tertiary/aromatic N) is 1. The number of carbonyl (C=O) groups is 1. The topological polar surface area (TPSA) is 29.5 Å². The van der Waals surface area contributed by atoms with Crippen molar-refractivity contribution in [2.24, 2.45) is 0 Å². The third kappa shape index (κ3) is 2.64. The SMILES string of the molecule is COc1ccc(C(C)=O)c(N2CCc3ccccc3C2)c1. The molecule has 0 fully saturated rings. The van der Waals surface area contributed by atoms with Crippen molar-refractivity contribution in [1.29, 1.82) is 0 Å². The predicted octanol–water partition coefficient (Wildman–Crippen LogP) is 3.46. The lowest BCUT2D eigenvalue weighted by atomic mass is 9.98. The zero-order valence-corrected chi connectivity index (χ0v) is 12.4. The van der Waals surface area contributed by atoms with Crippen LogP contribution in [0.1, 0.15) is 28.4 Å². The van der Waals surface area contributed by atoms with E-state index in [2.05, 4.69) is 29.2 Å². The van der Waals surface area contributed by atoms with Gasteiger partial charge < -0.3 is 9.64 Å². The van der Waals surface area contributed by atoms with Crippen LogP contribution in [0.5, 0.6) is 5.75 Å². The van der Waals surface area contributed by atoms with Gasteiger partial charge in [-0.05, 0) is 36.6 Å². The minimum atomic E-state index is 0.0894. The first-order valence-corrected chi connectivity index (χ1v) is 7.20. The number of rotatable bonds is 3. The van der Waals surface area contributed by atoms with Gasteiger partial charge in [-0.1, -0.05) is 24.3 Å². The molecule has 0 saturated heterocycles. The Bertz CT molecular complexity index is 679. The molecule has 2 aromatic rings. The molecule has 0 radical (unpaired) electrons. The van der Waals surface area contributed by atoms with Crippen molar-refractivity contribution in [3.8, 4) is 5.75 Å². The third-order valence-corrected chi connectivity index (χ3v) is 4.06. The summed E-state index contributed by atoms with van der Waals surface area (Å²) in [6.45, 7) is 3.37. The smallest absolute Gasteiger partial charge is 0.161 e. The van der Waals surface area contributed by atoms with Gasteiger partial charge in [0, 0.05) is 24.7 Å². The Balaban J connectivity index is 1.99. The number of hydrogen-bond donors (Lipinski definition) is 0. The van der Waals surface area contributed by atoms with Crippen LogP contribution in [0.15, 0.2) is 42.5 Å². The van der Waals surface area contributed by atoms with Crippen LogP contribution in [-0.2, 0) is 13.0 Å². The van der Waals surface area contributed by atoms with Gasteiger partial charge in [-0.15, -0.1) is 0 Å². The van der Waals surface area contributed by atoms with Crippen molar-refractivity contribution in [3.05, 3.63) is 59.2 Å². The second kappa shape index (κ2) is 5.60. The van der Waals surface area contributed by atoms with E-state index in [0.717, 1.165) is 36.5 Å². The van der Waals surface area contributed by atoms with E-state index in [-0.39, 0.29) is 5.78 Å². The number of benzene rings is 2. The number of hydrogen-bond acceptors (Lipinski definition) is 3. The van der Waals surface area contributed by atoms with Gasteiger partial charge in [0.2, 0.25) is 0 Å². The Morgan fingerprint density at radius 1 is 1.14 bits per heavy atom. The van der Waals surface area contributed by atoms with E-state index in [0.29, 0.717) is 0 Å². The number of anilines is 1. The molecule has 108 valence electrons. The molecule has 3 nitrogen and oxygen atoms in total. The molecule has 2 aromatic carbocycles. The second-order valence-electron chi connectivity index (χ2n) is 5.38. The van der Waals surface area contributed by atoms with Crippen LogP contribution >= 0.6 is 0 Å². The zero-order chi connectivity index (χ0) is 14.8. The van der Waals surface area contributed by atoms with Gasteiger partial charge >= 0.3 is 0 Å². The van der Waals surface area contributed by atoms with E-state index >= 15 is 0 Å². The Labute approximate surface area is 125 Å². The highest BCUT2D eigenvalue weighted by molar-refractivity contribution is 6.00. The van der Waals surface area contributed by atoms with Crippen molar-refractivity contribution in [2.45, 2.75) is 19.9 Å². The highest BCUT2D eigenvalue weighted by Crippen LogP contribution is 2.30. The standard InChI is InChI=1S/C18H19NO2/c1-13(20)17-8-7-16(21-2)11-18(17)19-10-9-14-5-3-4-6-15(14)12-19/h3-8,11H,9-10,12H2,1-2H3. The lowest BCUT2D eigenvalue weighted by Gasteiger charge is -2.32. The number of fused-ring (bicyclic) bond motifs is 1. The molecule has 1 aliphatic heterocycles. The molecule has 0 aromatic heterocycles. The van der Waals surface area contributed by atoms with Crippen molar-refractivity contribution < 1.29 is 9.53 Å². The summed E-state index contributed by atoms with van der Waals surface area (Å²) in [5.41, 5.74) is 4.47. The first-order chi connectivity index (χ1) is 10.2. The van der Waals surface area contributed by atoms with Crippen molar-refractivity contribution in [1.82, 2.24) is 0 Å². The van der Waals surface area contributed by atoms with Crippen molar-refractivity contribution in [2.75, 3.05) is 18.6 Å². The van der Waals surface area contributed by atoms with Gasteiger partial charge in [-0.2, -0.15) is 0 Å². The molecule has 3 heteroatoms. The number of carbonyl (C=O) groups excluding carboxylic acids is 1. The molecule has 0 amide bonds. The quantitative estimate of drug-likeness (QED) is 0.807. The highest BCUT2D eigenvalue weighted by Gasteiger charge is 2.20. The number of ether oxygens (including phenoxy) is 1. The average molecular weight is 281 g/mol. The van der Waals surface area contributed by atoms with E-state index in [4.69, 9.17) is 4.74 Å². The Hall–Kier alpha value is -2.29. The normalized spacial score (nSPS) is 13.7. The molecule has 0 bridgehead atoms. The molecular formula is C18H19NO2. The Kier molecular flexibility index (Phi) is 3.65. The molecule has 0 atom stereocenters. The fraction of sp³-hybridized carbons (Fsp3) is 0.278. The maximum absolute atomic E-state index is 11.9. The molecule has 0 aliphatic carbocycles. The van der Waals surface area contributed by atoms with Gasteiger partial charge in [-0.3, -0.25) is 4.79 Å². The summed E-state index contributed by atoms with van der Waals surface area (Å²) in [5, 5.41) is 0. The fourth-order valence-corrected chi connectivity index (χ4v) is 2.90. The van der Waals surface area contributed by atoms with Crippen LogP contribution in [0.3, 0.4) is 0 Å². The first-order valence-electron chi connectivity index (χ1n) is 7.20. The van der Waals surface area contributed by atoms with E-state index in [1.54, 1.807) is 14.0 Å². The largest absolute Gasteiger partial charge is 0.497 e. The zero-order valence-electron chi connectivity index (χ0n) is 12.4. The summed E-state index contributed by atoms with van der Waals surface area (Å²) in [5.74, 6) is 0.875. The summed E-state index contributed by atoms with van der Waals surface area (Å²) in [6.07, 6.45) is 1.00. The average Bonchev–Trinajstić information content (AvgIpc) is 2.53. The summed E-state index contributed by atoms with van der Waals surface area (Å²) in [6, 6.07) is 14.2. The Morgan fingerprint density at radius 2 is 1.90 bits per heavy atom. The molecule has 0 spiro atoms. The number of methoxy groups -OCH3 is 1. The van der Waals surface area contributed by atoms with E-state index in [9.17, 15) is 4.79 Å². The van der Waals surface area contributed by atoms with Crippen LogP contribution in [0.25, 0.3) is 0 Å². The van der Waals surface area contributed by atoms with Gasteiger partial charge in [0.15, 0.2) is 5.78 Å². The molecule has 1 heterocycles. The predicted molar refractivity (Wildman–Crippen MR) is 84.2 cm³/mol. The second-order valence-corrected chi connectivity index (χ2v) is 5.38. The molecule has 0 saturated carbocycles. The maximum Gasteiger partial charge on any atom is 0.161 e. The van der Waals surface area contributed by atoms with Crippen LogP contribution in [0.4, 0.5) is 5.69 Å². The van der Waals surface area contributed by atoms with Crippen LogP contribution in [-0.4, -0.2) is 19.4 Å². The van der Waals surface area contributed by atoms with Gasteiger partial charge in [0.25, 0.3) is 0 Å². The van der Waals surface area contributed by atoms with Crippen LogP contribution in [0, 0.1) is 0 Å². The monoisotopic (exact) mass is 281 g/mol. The molecule has 1 aliphatic rings. The highest BCUT2D eigenvalue weighted by atomic mass is 16.5. The minimum Gasteiger partial charge on any atom is -0.497 e. The molecule has 21 heavy (non-hydrogen) atoms. The van der Waals surface area contributed by atoms with Gasteiger partial charge in [-0.25, -0.2) is 0 Å². The van der Waals surface area contributed by atoms with E-state index < -0.39 is 0 Å². The summed E-state index contributed by atoms with van der Waals surface area (Å²) in [7, 11) is 1.65. The van der Waals surface area contributed by atoms with Crippen LogP contribution in [0.2, 0.25) is 0 Å². The van der Waals surface area contributed by atoms with Gasteiger partial charge in [0.1, 0.15) is 5.75 Å².